The number of hydrogen-bond donors (Lipinski definition) is 1. The predicted octanol–water partition coefficient (Wildman–Crippen LogP) is 4.18. The molecule has 0 atom stereocenters. The number of phenolic OH excluding ortho intramolecular Hbond substituents is 1. The first-order chi connectivity index (χ1) is 11.1. The molecule has 4 heteroatoms. The minimum atomic E-state index is -0.739. The maximum absolute atomic E-state index is 13.2. The number of carbonyl (C=O) groups excluding carboxylic acids is 1. The number of esters is 1. The number of rotatable bonds is 3. The van der Waals surface area contributed by atoms with Crippen molar-refractivity contribution in [2.24, 2.45) is 0 Å². The van der Waals surface area contributed by atoms with Crippen molar-refractivity contribution in [1.82, 2.24) is 0 Å². The van der Waals surface area contributed by atoms with Crippen LogP contribution < -0.4 is 0 Å². The fourth-order valence-electron chi connectivity index (χ4n) is 3.62. The molecule has 0 bridgehead atoms. The third-order valence-corrected chi connectivity index (χ3v) is 4.72. The minimum Gasteiger partial charge on any atom is -0.507 e. The average molecular weight is 314 g/mol. The zero-order valence-electron chi connectivity index (χ0n) is 13.0. The molecule has 0 aliphatic heterocycles. The van der Waals surface area contributed by atoms with Gasteiger partial charge in [-0.1, -0.05) is 37.1 Å². The number of aromatic hydroxyl groups is 1. The van der Waals surface area contributed by atoms with Gasteiger partial charge in [0.2, 0.25) is 0 Å². The van der Waals surface area contributed by atoms with Crippen LogP contribution in [0, 0.1) is 5.82 Å². The quantitative estimate of drug-likeness (QED) is 0.864. The summed E-state index contributed by atoms with van der Waals surface area (Å²) in [6, 6.07) is 11.1. The van der Waals surface area contributed by atoms with Gasteiger partial charge >= 0.3 is 5.97 Å². The van der Waals surface area contributed by atoms with Crippen molar-refractivity contribution in [2.45, 2.75) is 31.1 Å². The second kappa shape index (κ2) is 6.03. The molecule has 0 saturated heterocycles. The molecule has 1 aliphatic carbocycles. The van der Waals surface area contributed by atoms with Crippen molar-refractivity contribution < 1.29 is 19.0 Å². The van der Waals surface area contributed by atoms with E-state index in [-0.39, 0.29) is 17.5 Å². The van der Waals surface area contributed by atoms with Crippen LogP contribution in [0.5, 0.6) is 5.75 Å². The number of ether oxygens (including phenoxy) is 1. The normalized spacial score (nSPS) is 16.3. The summed E-state index contributed by atoms with van der Waals surface area (Å²) < 4.78 is 18.3. The van der Waals surface area contributed by atoms with Crippen molar-refractivity contribution >= 4 is 5.97 Å². The average Bonchev–Trinajstić information content (AvgIpc) is 3.06. The van der Waals surface area contributed by atoms with Gasteiger partial charge in [0.25, 0.3) is 0 Å². The zero-order valence-corrected chi connectivity index (χ0v) is 13.0. The maximum Gasteiger partial charge on any atom is 0.316 e. The third-order valence-electron chi connectivity index (χ3n) is 4.72. The monoisotopic (exact) mass is 314 g/mol. The molecule has 1 fully saturated rings. The van der Waals surface area contributed by atoms with E-state index in [4.69, 9.17) is 4.74 Å². The van der Waals surface area contributed by atoms with E-state index in [0.717, 1.165) is 18.4 Å². The summed E-state index contributed by atoms with van der Waals surface area (Å²) in [6.45, 7) is 0. The van der Waals surface area contributed by atoms with E-state index < -0.39 is 5.41 Å². The minimum absolute atomic E-state index is 0.0873. The van der Waals surface area contributed by atoms with Gasteiger partial charge in [-0.15, -0.1) is 0 Å². The number of hydrogen-bond acceptors (Lipinski definition) is 3. The molecular formula is C19H19FO3. The molecule has 0 aromatic heterocycles. The van der Waals surface area contributed by atoms with Crippen LogP contribution in [0.4, 0.5) is 4.39 Å². The van der Waals surface area contributed by atoms with Crippen LogP contribution in [0.25, 0.3) is 11.1 Å². The van der Waals surface area contributed by atoms with E-state index >= 15 is 0 Å². The van der Waals surface area contributed by atoms with Gasteiger partial charge in [-0.25, -0.2) is 4.39 Å². The maximum atomic E-state index is 13.2. The van der Waals surface area contributed by atoms with E-state index in [1.165, 1.54) is 19.2 Å². The van der Waals surface area contributed by atoms with Crippen LogP contribution in [0.3, 0.4) is 0 Å². The molecule has 0 unspecified atom stereocenters. The highest BCUT2D eigenvalue weighted by molar-refractivity contribution is 5.88. The lowest BCUT2D eigenvalue weighted by molar-refractivity contribution is -0.147. The van der Waals surface area contributed by atoms with Gasteiger partial charge in [0.05, 0.1) is 12.5 Å². The summed E-state index contributed by atoms with van der Waals surface area (Å²) in [5.74, 6) is -0.525. The van der Waals surface area contributed by atoms with E-state index in [9.17, 15) is 14.3 Å². The second-order valence-corrected chi connectivity index (χ2v) is 5.99. The van der Waals surface area contributed by atoms with E-state index in [0.29, 0.717) is 24.0 Å². The summed E-state index contributed by atoms with van der Waals surface area (Å²) >= 11 is 0. The molecule has 1 saturated carbocycles. The van der Waals surface area contributed by atoms with Gasteiger partial charge in [-0.05, 0) is 42.2 Å². The van der Waals surface area contributed by atoms with Crippen LogP contribution in [0.15, 0.2) is 42.5 Å². The summed E-state index contributed by atoms with van der Waals surface area (Å²) in [6.07, 6.45) is 3.26. The molecular weight excluding hydrogens is 295 g/mol. The topological polar surface area (TPSA) is 46.5 Å². The van der Waals surface area contributed by atoms with Crippen molar-refractivity contribution in [2.75, 3.05) is 7.11 Å². The Balaban J connectivity index is 2.22. The van der Waals surface area contributed by atoms with Crippen LogP contribution in [0.2, 0.25) is 0 Å². The molecule has 0 amide bonds. The Morgan fingerprint density at radius 1 is 1.13 bits per heavy atom. The standard InChI is InChI=1S/C19H19FO3/c1-23-18(22)19(11-2-3-12-19)15-5-4-6-16(21)17(15)13-7-9-14(20)10-8-13/h4-10,21H,2-3,11-12H2,1H3. The molecule has 1 N–H and O–H groups in total. The van der Waals surface area contributed by atoms with Crippen molar-refractivity contribution in [3.63, 3.8) is 0 Å². The second-order valence-electron chi connectivity index (χ2n) is 5.99. The van der Waals surface area contributed by atoms with E-state index in [1.807, 2.05) is 6.07 Å². The lowest BCUT2D eigenvalue weighted by atomic mass is 9.75. The largest absolute Gasteiger partial charge is 0.507 e. The molecule has 2 aromatic carbocycles. The van der Waals surface area contributed by atoms with Crippen molar-refractivity contribution in [3.8, 4) is 16.9 Å². The molecule has 0 spiro atoms. The van der Waals surface area contributed by atoms with Gasteiger partial charge in [-0.3, -0.25) is 4.79 Å². The van der Waals surface area contributed by atoms with Gasteiger partial charge in [-0.2, -0.15) is 0 Å². The lowest BCUT2D eigenvalue weighted by Crippen LogP contribution is -2.34. The SMILES string of the molecule is COC(=O)C1(c2cccc(O)c2-c2ccc(F)cc2)CCCC1. The van der Waals surface area contributed by atoms with E-state index in [2.05, 4.69) is 0 Å². The van der Waals surface area contributed by atoms with Crippen LogP contribution in [-0.2, 0) is 14.9 Å². The first-order valence-electron chi connectivity index (χ1n) is 7.75. The Kier molecular flexibility index (Phi) is 4.07. The lowest BCUT2D eigenvalue weighted by Gasteiger charge is -2.29. The van der Waals surface area contributed by atoms with Gasteiger partial charge in [0.15, 0.2) is 0 Å². The predicted molar refractivity (Wildman–Crippen MR) is 85.7 cm³/mol. The summed E-state index contributed by atoms with van der Waals surface area (Å²) in [5.41, 5.74) is 1.29. The number of carbonyl (C=O) groups is 1. The van der Waals surface area contributed by atoms with Gasteiger partial charge < -0.3 is 9.84 Å². The van der Waals surface area contributed by atoms with Crippen LogP contribution in [0.1, 0.15) is 31.2 Å². The summed E-state index contributed by atoms with van der Waals surface area (Å²) in [5, 5.41) is 10.4. The zero-order chi connectivity index (χ0) is 16.4. The molecule has 23 heavy (non-hydrogen) atoms. The Morgan fingerprint density at radius 3 is 2.39 bits per heavy atom. The molecule has 0 heterocycles. The first kappa shape index (κ1) is 15.5. The Morgan fingerprint density at radius 2 is 1.78 bits per heavy atom. The Hall–Kier alpha value is -2.36. The summed E-state index contributed by atoms with van der Waals surface area (Å²) in [4.78, 5) is 12.5. The molecule has 2 aromatic rings. The third kappa shape index (κ3) is 2.58. The van der Waals surface area contributed by atoms with Gasteiger partial charge in [0, 0.05) is 5.56 Å². The molecule has 3 rings (SSSR count). The Bertz CT molecular complexity index is 716. The molecule has 120 valence electrons. The molecule has 0 radical (unpaired) electrons. The fraction of sp³-hybridized carbons (Fsp3) is 0.316. The summed E-state index contributed by atoms with van der Waals surface area (Å²) in [7, 11) is 1.39. The van der Waals surface area contributed by atoms with Crippen LogP contribution in [-0.4, -0.2) is 18.2 Å². The Labute approximate surface area is 134 Å². The van der Waals surface area contributed by atoms with Crippen molar-refractivity contribution in [1.29, 1.82) is 0 Å². The highest BCUT2D eigenvalue weighted by Gasteiger charge is 2.45. The molecule has 3 nitrogen and oxygen atoms in total. The molecule has 1 aliphatic rings. The highest BCUT2D eigenvalue weighted by atomic mass is 19.1. The number of phenols is 1. The number of halogens is 1. The smallest absolute Gasteiger partial charge is 0.316 e. The van der Waals surface area contributed by atoms with E-state index in [1.54, 1.807) is 24.3 Å². The fourth-order valence-corrected chi connectivity index (χ4v) is 3.62. The number of benzene rings is 2. The number of methoxy groups -OCH3 is 1. The first-order valence-corrected chi connectivity index (χ1v) is 7.75. The van der Waals surface area contributed by atoms with Crippen LogP contribution >= 0.6 is 0 Å². The van der Waals surface area contributed by atoms with Gasteiger partial charge in [0.1, 0.15) is 11.6 Å². The highest BCUT2D eigenvalue weighted by Crippen LogP contribution is 2.48. The van der Waals surface area contributed by atoms with Crippen molar-refractivity contribution in [3.05, 3.63) is 53.8 Å².